The molecule has 0 aliphatic heterocycles. The van der Waals surface area contributed by atoms with Crippen LogP contribution >= 0.6 is 11.6 Å². The number of aromatic nitrogens is 2. The van der Waals surface area contributed by atoms with E-state index in [4.69, 9.17) is 11.6 Å². The fraction of sp³-hybridized carbons (Fsp3) is 0.118. The number of carbonyl (C=O) groups excluding carboxylic acids is 2. The quantitative estimate of drug-likeness (QED) is 0.678. The minimum atomic E-state index is -1.29. The number of aliphatic carboxylic acids is 1. The van der Waals surface area contributed by atoms with E-state index in [0.29, 0.717) is 27.1 Å². The van der Waals surface area contributed by atoms with Crippen molar-refractivity contribution in [3.8, 4) is 0 Å². The molecule has 0 spiro atoms. The van der Waals surface area contributed by atoms with E-state index in [2.05, 4.69) is 9.97 Å². The third-order valence-electron chi connectivity index (χ3n) is 3.66. The summed E-state index contributed by atoms with van der Waals surface area (Å²) in [6, 6.07) is 7.94. The van der Waals surface area contributed by atoms with Crippen LogP contribution in [0.2, 0.25) is 5.02 Å². The van der Waals surface area contributed by atoms with Gasteiger partial charge >= 0.3 is 0 Å². The van der Waals surface area contributed by atoms with Gasteiger partial charge in [-0.2, -0.15) is 0 Å². The highest BCUT2D eigenvalue weighted by atomic mass is 35.5. The molecule has 7 heteroatoms. The first-order chi connectivity index (χ1) is 11.5. The number of carbonyl (C=O) groups is 2. The van der Waals surface area contributed by atoms with Gasteiger partial charge < -0.3 is 20.0 Å². The van der Waals surface area contributed by atoms with Crippen molar-refractivity contribution >= 4 is 34.3 Å². The number of hydrogen-bond donors (Lipinski definition) is 2. The Morgan fingerprint density at radius 3 is 2.75 bits per heavy atom. The molecule has 2 heterocycles. The molecule has 0 amide bonds. The van der Waals surface area contributed by atoms with Gasteiger partial charge in [-0.3, -0.25) is 9.78 Å². The Bertz CT molecular complexity index is 949. The summed E-state index contributed by atoms with van der Waals surface area (Å²) in [7, 11) is 0. The second-order valence-corrected chi connectivity index (χ2v) is 5.69. The van der Waals surface area contributed by atoms with E-state index < -0.39 is 18.2 Å². The number of aliphatic hydroxyl groups is 1. The van der Waals surface area contributed by atoms with Crippen molar-refractivity contribution in [3.05, 3.63) is 64.1 Å². The molecule has 2 aromatic heterocycles. The summed E-state index contributed by atoms with van der Waals surface area (Å²) in [5, 5.41) is 21.3. The Labute approximate surface area is 141 Å². The number of halogens is 1. The molecule has 0 fully saturated rings. The molecule has 0 bridgehead atoms. The van der Waals surface area contributed by atoms with Crippen LogP contribution in [0.25, 0.3) is 10.9 Å². The predicted molar refractivity (Wildman–Crippen MR) is 85.6 cm³/mol. The summed E-state index contributed by atoms with van der Waals surface area (Å²) >= 11 is 5.95. The zero-order valence-electron chi connectivity index (χ0n) is 12.4. The Hall–Kier alpha value is -2.70. The van der Waals surface area contributed by atoms with Crippen LogP contribution in [0.5, 0.6) is 0 Å². The van der Waals surface area contributed by atoms with Crippen molar-refractivity contribution in [2.24, 2.45) is 0 Å². The first-order valence-electron chi connectivity index (χ1n) is 7.10. The summed E-state index contributed by atoms with van der Waals surface area (Å²) in [6.07, 6.45) is 0.999. The molecule has 0 unspecified atom stereocenters. The van der Waals surface area contributed by atoms with E-state index in [1.807, 2.05) is 0 Å². The fourth-order valence-corrected chi connectivity index (χ4v) is 2.75. The summed E-state index contributed by atoms with van der Waals surface area (Å²) in [5.74, 6) is -1.76. The topological polar surface area (TPSA) is 106 Å². The first kappa shape index (κ1) is 16.2. The SMILES string of the molecule is O=C([O-])Cc1c(C(=O)c2cc(CO)ccn2)[nH]c2cc(Cl)ccc12. The van der Waals surface area contributed by atoms with Gasteiger partial charge in [0.15, 0.2) is 0 Å². The van der Waals surface area contributed by atoms with Crippen LogP contribution in [0, 0.1) is 0 Å². The molecule has 0 radical (unpaired) electrons. The lowest BCUT2D eigenvalue weighted by atomic mass is 10.0. The molecular formula is C17H12ClN2O4-. The second-order valence-electron chi connectivity index (χ2n) is 5.25. The molecule has 0 atom stereocenters. The Balaban J connectivity index is 2.16. The van der Waals surface area contributed by atoms with Gasteiger partial charge in [0.05, 0.1) is 12.3 Å². The smallest absolute Gasteiger partial charge is 0.227 e. The monoisotopic (exact) mass is 343 g/mol. The molecule has 3 aromatic rings. The first-order valence-corrected chi connectivity index (χ1v) is 7.48. The average molecular weight is 344 g/mol. The number of rotatable bonds is 5. The Morgan fingerprint density at radius 1 is 1.25 bits per heavy atom. The lowest BCUT2D eigenvalue weighted by Crippen LogP contribution is -2.25. The highest BCUT2D eigenvalue weighted by molar-refractivity contribution is 6.31. The number of aliphatic hydroxyl groups excluding tert-OH is 1. The number of carboxylic acids is 1. The van der Waals surface area contributed by atoms with Gasteiger partial charge in [-0.1, -0.05) is 17.7 Å². The normalized spacial score (nSPS) is 10.9. The van der Waals surface area contributed by atoms with Crippen LogP contribution in [-0.4, -0.2) is 26.8 Å². The van der Waals surface area contributed by atoms with Gasteiger partial charge in [0, 0.05) is 34.5 Å². The third-order valence-corrected chi connectivity index (χ3v) is 3.89. The summed E-state index contributed by atoms with van der Waals surface area (Å²) in [5.41, 5.74) is 1.65. The number of benzene rings is 1. The van der Waals surface area contributed by atoms with Gasteiger partial charge in [0.1, 0.15) is 5.69 Å². The van der Waals surface area contributed by atoms with Gasteiger partial charge in [-0.25, -0.2) is 0 Å². The number of carboxylic acid groups (broad SMARTS) is 1. The molecule has 1 aromatic carbocycles. The highest BCUT2D eigenvalue weighted by Crippen LogP contribution is 2.27. The number of nitrogens with zero attached hydrogens (tertiary/aromatic N) is 1. The van der Waals surface area contributed by atoms with Crippen LogP contribution in [-0.2, 0) is 17.8 Å². The lowest BCUT2D eigenvalue weighted by molar-refractivity contribution is -0.304. The summed E-state index contributed by atoms with van der Waals surface area (Å²) in [4.78, 5) is 30.7. The molecule has 0 aliphatic rings. The maximum atomic E-state index is 12.7. The Morgan fingerprint density at radius 2 is 2.04 bits per heavy atom. The van der Waals surface area contributed by atoms with E-state index in [-0.39, 0.29) is 18.0 Å². The number of H-pyrrole nitrogens is 1. The van der Waals surface area contributed by atoms with Crippen molar-refractivity contribution in [1.29, 1.82) is 0 Å². The second kappa shape index (κ2) is 6.43. The van der Waals surface area contributed by atoms with Crippen molar-refractivity contribution in [3.63, 3.8) is 0 Å². The highest BCUT2D eigenvalue weighted by Gasteiger charge is 2.20. The molecule has 0 saturated carbocycles. The number of aromatic amines is 1. The molecule has 0 aliphatic carbocycles. The minimum Gasteiger partial charge on any atom is -0.550 e. The number of ketones is 1. The molecule has 0 saturated heterocycles. The largest absolute Gasteiger partial charge is 0.550 e. The minimum absolute atomic E-state index is 0.110. The summed E-state index contributed by atoms with van der Waals surface area (Å²) < 4.78 is 0. The van der Waals surface area contributed by atoms with E-state index >= 15 is 0 Å². The van der Waals surface area contributed by atoms with Crippen molar-refractivity contribution < 1.29 is 19.8 Å². The maximum Gasteiger partial charge on any atom is 0.227 e. The molecular weight excluding hydrogens is 332 g/mol. The number of hydrogen-bond acceptors (Lipinski definition) is 5. The van der Waals surface area contributed by atoms with E-state index in [9.17, 15) is 19.8 Å². The predicted octanol–water partition coefficient (Wildman–Crippen LogP) is 1.23. The van der Waals surface area contributed by atoms with Crippen molar-refractivity contribution in [1.82, 2.24) is 9.97 Å². The van der Waals surface area contributed by atoms with Crippen molar-refractivity contribution in [2.45, 2.75) is 13.0 Å². The number of pyridine rings is 1. The van der Waals surface area contributed by atoms with Crippen LogP contribution in [0.3, 0.4) is 0 Å². The number of nitrogens with one attached hydrogen (secondary N) is 1. The maximum absolute atomic E-state index is 12.7. The number of fused-ring (bicyclic) bond motifs is 1. The zero-order chi connectivity index (χ0) is 17.3. The van der Waals surface area contributed by atoms with Crippen LogP contribution in [0.15, 0.2) is 36.5 Å². The average Bonchev–Trinajstić information content (AvgIpc) is 2.91. The van der Waals surface area contributed by atoms with Gasteiger partial charge in [-0.15, -0.1) is 0 Å². The Kier molecular flexibility index (Phi) is 4.33. The van der Waals surface area contributed by atoms with Gasteiger partial charge in [-0.05, 0) is 35.4 Å². The summed E-state index contributed by atoms with van der Waals surface area (Å²) in [6.45, 7) is -0.225. The van der Waals surface area contributed by atoms with Crippen LogP contribution in [0.4, 0.5) is 0 Å². The molecule has 3 rings (SSSR count). The van der Waals surface area contributed by atoms with E-state index in [0.717, 1.165) is 0 Å². The fourth-order valence-electron chi connectivity index (χ4n) is 2.57. The van der Waals surface area contributed by atoms with E-state index in [1.54, 1.807) is 24.3 Å². The lowest BCUT2D eigenvalue weighted by Gasteiger charge is -2.06. The van der Waals surface area contributed by atoms with Crippen LogP contribution < -0.4 is 5.11 Å². The molecule has 6 nitrogen and oxygen atoms in total. The van der Waals surface area contributed by atoms with Gasteiger partial charge in [0.2, 0.25) is 5.78 Å². The van der Waals surface area contributed by atoms with Gasteiger partial charge in [0.25, 0.3) is 0 Å². The third kappa shape index (κ3) is 3.02. The molecule has 122 valence electrons. The molecule has 24 heavy (non-hydrogen) atoms. The van der Waals surface area contributed by atoms with Crippen molar-refractivity contribution in [2.75, 3.05) is 0 Å². The standard InChI is InChI=1S/C17H13ClN2O4/c18-10-1-2-11-12(7-15(22)23)16(20-13(11)6-10)17(24)14-5-9(8-21)3-4-19-14/h1-6,20-21H,7-8H2,(H,22,23)/p-1. The zero-order valence-corrected chi connectivity index (χ0v) is 13.1. The van der Waals surface area contributed by atoms with E-state index in [1.165, 1.54) is 12.3 Å². The molecule has 2 N–H and O–H groups in total. The van der Waals surface area contributed by atoms with Crippen LogP contribution in [0.1, 0.15) is 27.3 Å².